The van der Waals surface area contributed by atoms with Gasteiger partial charge in [0, 0.05) is 37.4 Å². The first-order valence-electron chi connectivity index (χ1n) is 15.5. The number of rotatable bonds is 10. The third kappa shape index (κ3) is 5.56. The van der Waals surface area contributed by atoms with Crippen molar-refractivity contribution in [2.45, 2.75) is 62.9 Å². The van der Waals surface area contributed by atoms with Gasteiger partial charge in [-0.2, -0.15) is 0 Å². The largest absolute Gasteiger partial charge is 0.497 e. The molecular formula is C34H42N4O5. The molecule has 3 amide bonds. The van der Waals surface area contributed by atoms with Gasteiger partial charge in [0.15, 0.2) is 0 Å². The molecule has 9 nitrogen and oxygen atoms in total. The fourth-order valence-electron chi connectivity index (χ4n) is 7.48. The van der Waals surface area contributed by atoms with Crippen molar-refractivity contribution in [2.24, 2.45) is 17.8 Å². The topological polar surface area (TPSA) is 100 Å². The summed E-state index contributed by atoms with van der Waals surface area (Å²) in [6.07, 6.45) is 7.39. The number of benzene rings is 2. The molecule has 1 saturated carbocycles. The number of hydrogen-bond acceptors (Lipinski definition) is 6. The average Bonchev–Trinajstić information content (AvgIpc) is 3.65. The number of anilines is 1. The van der Waals surface area contributed by atoms with E-state index in [1.54, 1.807) is 36.3 Å². The van der Waals surface area contributed by atoms with E-state index >= 15 is 0 Å². The van der Waals surface area contributed by atoms with Crippen LogP contribution in [0.15, 0.2) is 66.7 Å². The Labute approximate surface area is 253 Å². The Kier molecular flexibility index (Phi) is 8.29. The van der Waals surface area contributed by atoms with Crippen molar-refractivity contribution in [1.82, 2.24) is 15.1 Å². The minimum atomic E-state index is -1.18. The van der Waals surface area contributed by atoms with Crippen molar-refractivity contribution < 1.29 is 23.9 Å². The van der Waals surface area contributed by atoms with Crippen LogP contribution in [0.3, 0.4) is 0 Å². The minimum absolute atomic E-state index is 0.0594. The lowest BCUT2D eigenvalue weighted by Gasteiger charge is -2.36. The Morgan fingerprint density at radius 2 is 1.88 bits per heavy atom. The second-order valence-electron chi connectivity index (χ2n) is 12.6. The Bertz CT molecular complexity index is 1380. The molecule has 2 saturated heterocycles. The highest BCUT2D eigenvalue weighted by molar-refractivity contribution is 6.02. The van der Waals surface area contributed by atoms with Crippen molar-refractivity contribution >= 4 is 23.4 Å². The smallest absolute Gasteiger partial charge is 0.246 e. The number of ether oxygens (including phenoxy) is 2. The van der Waals surface area contributed by atoms with E-state index in [1.165, 1.54) is 12.0 Å². The van der Waals surface area contributed by atoms with Crippen LogP contribution < -0.4 is 15.4 Å². The molecule has 2 bridgehead atoms. The summed E-state index contributed by atoms with van der Waals surface area (Å²) in [6.45, 7) is 3.82. The molecule has 3 heterocycles. The van der Waals surface area contributed by atoms with Crippen LogP contribution in [-0.4, -0.2) is 78.6 Å². The van der Waals surface area contributed by atoms with E-state index in [4.69, 9.17) is 9.47 Å². The van der Waals surface area contributed by atoms with Gasteiger partial charge in [-0.05, 0) is 43.5 Å². The molecule has 4 aliphatic rings. The van der Waals surface area contributed by atoms with Gasteiger partial charge in [0.05, 0.1) is 25.0 Å². The number of carbonyl (C=O) groups is 3. The fraction of sp³-hybridized carbons (Fsp3) is 0.500. The average molecular weight is 587 g/mol. The number of likely N-dealkylation sites (N-methyl/N-ethyl adjacent to an activating group) is 1. The number of carbonyl (C=O) groups excluding carboxylic acids is 3. The number of fused-ring (bicyclic) bond motifs is 1. The van der Waals surface area contributed by atoms with Crippen molar-refractivity contribution in [3.05, 3.63) is 72.3 Å². The lowest BCUT2D eigenvalue weighted by molar-refractivity contribution is -0.141. The Balaban J connectivity index is 1.25. The van der Waals surface area contributed by atoms with Gasteiger partial charge in [0.1, 0.15) is 17.4 Å². The number of nitrogens with one attached hydrogen (secondary N) is 2. The monoisotopic (exact) mass is 586 g/mol. The number of methoxy groups -OCH3 is 1. The molecule has 1 aliphatic carbocycles. The highest BCUT2D eigenvalue weighted by Gasteiger charge is 2.72. The zero-order valence-corrected chi connectivity index (χ0v) is 25.2. The lowest BCUT2D eigenvalue weighted by atomic mass is 9.74. The van der Waals surface area contributed by atoms with Gasteiger partial charge in [-0.15, -0.1) is 0 Å². The summed E-state index contributed by atoms with van der Waals surface area (Å²) in [4.78, 5) is 46.0. The van der Waals surface area contributed by atoms with Gasteiger partial charge >= 0.3 is 0 Å². The van der Waals surface area contributed by atoms with Crippen molar-refractivity contribution in [1.29, 1.82) is 0 Å². The number of nitrogens with zero attached hydrogens (tertiary/aromatic N) is 2. The van der Waals surface area contributed by atoms with Gasteiger partial charge in [-0.25, -0.2) is 0 Å². The number of likely N-dealkylation sites (tertiary alicyclic amines) is 1. The van der Waals surface area contributed by atoms with Gasteiger partial charge in [0.2, 0.25) is 17.7 Å². The number of hydrogen-bond donors (Lipinski definition) is 2. The van der Waals surface area contributed by atoms with E-state index in [1.807, 2.05) is 37.4 Å². The molecule has 2 N–H and O–H groups in total. The lowest BCUT2D eigenvalue weighted by Crippen LogP contribution is -2.58. The molecule has 0 unspecified atom stereocenters. The molecule has 2 aromatic carbocycles. The first-order valence-corrected chi connectivity index (χ1v) is 15.5. The van der Waals surface area contributed by atoms with Crippen LogP contribution in [0.25, 0.3) is 0 Å². The molecule has 0 aromatic heterocycles. The highest BCUT2D eigenvalue weighted by Crippen LogP contribution is 2.55. The maximum absolute atomic E-state index is 14.3. The summed E-state index contributed by atoms with van der Waals surface area (Å²) in [7, 11) is 3.58. The Morgan fingerprint density at radius 1 is 1.09 bits per heavy atom. The third-order valence-corrected chi connectivity index (χ3v) is 9.72. The maximum atomic E-state index is 14.3. The molecule has 6 rings (SSSR count). The second kappa shape index (κ2) is 12.1. The Morgan fingerprint density at radius 3 is 2.65 bits per heavy atom. The van der Waals surface area contributed by atoms with E-state index in [0.29, 0.717) is 30.4 Å². The summed E-state index contributed by atoms with van der Waals surface area (Å²) in [5.74, 6) is -1.25. The molecule has 3 fully saturated rings. The predicted octanol–water partition coefficient (Wildman–Crippen LogP) is 3.61. The van der Waals surface area contributed by atoms with Crippen molar-refractivity contribution in [3.8, 4) is 5.75 Å². The van der Waals surface area contributed by atoms with Crippen LogP contribution in [0.2, 0.25) is 0 Å². The molecular weight excluding hydrogens is 544 g/mol. The van der Waals surface area contributed by atoms with Crippen LogP contribution in [0, 0.1) is 17.8 Å². The molecule has 228 valence electrons. The van der Waals surface area contributed by atoms with Gasteiger partial charge in [0.25, 0.3) is 0 Å². The predicted molar refractivity (Wildman–Crippen MR) is 163 cm³/mol. The highest BCUT2D eigenvalue weighted by atomic mass is 16.5. The maximum Gasteiger partial charge on any atom is 0.246 e. The molecule has 2 aromatic rings. The SMILES string of the molecule is COc1cccc(NC(=O)[C@H]2[C@H]3C=C[C@@]4(O3)[C@H]2C(=O)N(CCN(C)Cc2ccccc2)[C@@H]4C(=O)N[C@H]2CCCC[C@@H]2C)c1. The van der Waals surface area contributed by atoms with E-state index in [9.17, 15) is 14.4 Å². The molecule has 7 atom stereocenters. The van der Waals surface area contributed by atoms with Gasteiger partial charge in [-0.3, -0.25) is 14.4 Å². The van der Waals surface area contributed by atoms with Crippen LogP contribution >= 0.6 is 0 Å². The summed E-state index contributed by atoms with van der Waals surface area (Å²) >= 11 is 0. The van der Waals surface area contributed by atoms with E-state index in [0.717, 1.165) is 25.8 Å². The van der Waals surface area contributed by atoms with Gasteiger partial charge < -0.3 is 29.9 Å². The van der Waals surface area contributed by atoms with Gasteiger partial charge in [-0.1, -0.05) is 68.3 Å². The molecule has 1 spiro atoms. The summed E-state index contributed by atoms with van der Waals surface area (Å²) in [5, 5.41) is 6.27. The van der Waals surface area contributed by atoms with E-state index in [-0.39, 0.29) is 23.8 Å². The van der Waals surface area contributed by atoms with Crippen LogP contribution in [-0.2, 0) is 25.7 Å². The summed E-state index contributed by atoms with van der Waals surface area (Å²) in [5.41, 5.74) is 0.571. The standard InChI is InChI=1S/C34H42N4O5/c1-22-10-7-8-15-26(22)36-32(40)30-34-17-16-27(43-34)28(31(39)35-24-13-9-14-25(20-24)42-3)29(34)33(41)38(30)19-18-37(2)21-23-11-5-4-6-12-23/h4-6,9,11-14,16-17,20,22,26-30H,7-8,10,15,18-19,21H2,1-3H3,(H,35,39)(H,36,40)/t22-,26-,27+,28-,29+,30+,34+/m0/s1. The fourth-order valence-corrected chi connectivity index (χ4v) is 7.48. The quantitative estimate of drug-likeness (QED) is 0.413. The molecule has 0 radical (unpaired) electrons. The van der Waals surface area contributed by atoms with E-state index < -0.39 is 29.6 Å². The second-order valence-corrected chi connectivity index (χ2v) is 12.6. The van der Waals surface area contributed by atoms with Crippen LogP contribution in [0.4, 0.5) is 5.69 Å². The normalized spacial score (nSPS) is 30.9. The minimum Gasteiger partial charge on any atom is -0.497 e. The first-order chi connectivity index (χ1) is 20.8. The molecule has 3 aliphatic heterocycles. The molecule has 43 heavy (non-hydrogen) atoms. The first kappa shape index (κ1) is 29.4. The van der Waals surface area contributed by atoms with Crippen molar-refractivity contribution in [2.75, 3.05) is 32.6 Å². The summed E-state index contributed by atoms with van der Waals surface area (Å²) < 4.78 is 11.8. The molecule has 9 heteroatoms. The zero-order chi connectivity index (χ0) is 30.1. The Hall–Kier alpha value is -3.69. The third-order valence-electron chi connectivity index (χ3n) is 9.72. The van der Waals surface area contributed by atoms with Crippen LogP contribution in [0.5, 0.6) is 5.75 Å². The van der Waals surface area contributed by atoms with Crippen LogP contribution in [0.1, 0.15) is 38.2 Å². The zero-order valence-electron chi connectivity index (χ0n) is 25.2. The van der Waals surface area contributed by atoms with Crippen molar-refractivity contribution in [3.63, 3.8) is 0 Å². The van der Waals surface area contributed by atoms with E-state index in [2.05, 4.69) is 34.6 Å². The number of amides is 3. The summed E-state index contributed by atoms with van der Waals surface area (Å²) in [6, 6.07) is 16.5.